The lowest BCUT2D eigenvalue weighted by Crippen LogP contribution is -2.47. The highest BCUT2D eigenvalue weighted by atomic mass is 32.1. The van der Waals surface area contributed by atoms with Crippen molar-refractivity contribution < 1.29 is 4.74 Å². The van der Waals surface area contributed by atoms with Gasteiger partial charge in [0.05, 0.1) is 6.67 Å². The minimum atomic E-state index is 0.345. The molecule has 0 aliphatic carbocycles. The van der Waals surface area contributed by atoms with Crippen molar-refractivity contribution in [2.45, 2.75) is 20.2 Å². The molecule has 174 valence electrons. The number of aryl methyl sites for hydroxylation is 1. The quantitative estimate of drug-likeness (QED) is 0.352. The van der Waals surface area contributed by atoms with Gasteiger partial charge in [-0.3, -0.25) is 9.47 Å². The second-order valence-corrected chi connectivity index (χ2v) is 8.87. The Bertz CT molecular complexity index is 1280. The SMILES string of the molecule is Cc1ccccc1OCc1nn(CN2CCN(c3ccccc3)CC2)c(=S)n1-c1ccccc1. The lowest BCUT2D eigenvalue weighted by molar-refractivity contribution is 0.193. The number of anilines is 1. The maximum atomic E-state index is 6.14. The van der Waals surface area contributed by atoms with E-state index < -0.39 is 0 Å². The first kappa shape index (κ1) is 22.4. The smallest absolute Gasteiger partial charge is 0.203 e. The molecule has 7 heteroatoms. The number of benzene rings is 3. The van der Waals surface area contributed by atoms with Crippen LogP contribution in [0.4, 0.5) is 5.69 Å². The number of nitrogens with zero attached hydrogens (tertiary/aromatic N) is 5. The second-order valence-electron chi connectivity index (χ2n) is 8.51. The fraction of sp³-hybridized carbons (Fsp3) is 0.259. The summed E-state index contributed by atoms with van der Waals surface area (Å²) in [4.78, 5) is 4.84. The highest BCUT2D eigenvalue weighted by molar-refractivity contribution is 7.71. The normalized spacial score (nSPS) is 14.3. The standard InChI is InChI=1S/C27H29N5OS/c1-22-10-8-9-15-25(22)33-20-26-28-31(27(34)32(26)24-13-6-3-7-14-24)21-29-16-18-30(19-17-29)23-11-4-2-5-12-23/h2-15H,16-21H2,1H3. The van der Waals surface area contributed by atoms with E-state index in [0.717, 1.165) is 49.0 Å². The molecule has 1 aromatic heterocycles. The zero-order valence-electron chi connectivity index (χ0n) is 19.4. The molecule has 0 radical (unpaired) electrons. The van der Waals surface area contributed by atoms with Gasteiger partial charge in [-0.15, -0.1) is 0 Å². The first-order valence-electron chi connectivity index (χ1n) is 11.6. The Morgan fingerprint density at radius 1 is 0.794 bits per heavy atom. The molecule has 1 fully saturated rings. The van der Waals surface area contributed by atoms with Gasteiger partial charge in [0.1, 0.15) is 12.4 Å². The van der Waals surface area contributed by atoms with E-state index in [9.17, 15) is 0 Å². The summed E-state index contributed by atoms with van der Waals surface area (Å²) in [6, 6.07) is 28.8. The molecule has 0 spiro atoms. The average molecular weight is 472 g/mol. The fourth-order valence-corrected chi connectivity index (χ4v) is 4.62. The van der Waals surface area contributed by atoms with E-state index in [2.05, 4.69) is 52.3 Å². The van der Waals surface area contributed by atoms with Crippen LogP contribution in [0, 0.1) is 11.7 Å². The van der Waals surface area contributed by atoms with Crippen LogP contribution >= 0.6 is 12.2 Å². The Kier molecular flexibility index (Phi) is 6.74. The lowest BCUT2D eigenvalue weighted by atomic mass is 10.2. The van der Waals surface area contributed by atoms with E-state index in [0.29, 0.717) is 18.0 Å². The van der Waals surface area contributed by atoms with Crippen molar-refractivity contribution in [3.8, 4) is 11.4 Å². The number of para-hydroxylation sites is 3. The molecule has 0 N–H and O–H groups in total. The van der Waals surface area contributed by atoms with Gasteiger partial charge >= 0.3 is 0 Å². The molecule has 34 heavy (non-hydrogen) atoms. The number of hydrogen-bond acceptors (Lipinski definition) is 5. The van der Waals surface area contributed by atoms with E-state index in [-0.39, 0.29) is 0 Å². The Labute approximate surface area is 205 Å². The van der Waals surface area contributed by atoms with Gasteiger partial charge in [-0.05, 0) is 55.0 Å². The van der Waals surface area contributed by atoms with Crippen LogP contribution in [0.2, 0.25) is 0 Å². The average Bonchev–Trinajstić information content (AvgIpc) is 3.19. The zero-order valence-corrected chi connectivity index (χ0v) is 20.2. The predicted molar refractivity (Wildman–Crippen MR) is 138 cm³/mol. The molecule has 1 saturated heterocycles. The summed E-state index contributed by atoms with van der Waals surface area (Å²) in [5.41, 5.74) is 3.38. The lowest BCUT2D eigenvalue weighted by Gasteiger charge is -2.35. The Balaban J connectivity index is 1.34. The predicted octanol–water partition coefficient (Wildman–Crippen LogP) is 5.07. The van der Waals surface area contributed by atoms with E-state index in [1.54, 1.807) is 0 Å². The summed E-state index contributed by atoms with van der Waals surface area (Å²) in [5.74, 6) is 1.65. The number of hydrogen-bond donors (Lipinski definition) is 0. The number of piperazine rings is 1. The van der Waals surface area contributed by atoms with Crippen molar-refractivity contribution in [2.75, 3.05) is 31.1 Å². The summed E-state index contributed by atoms with van der Waals surface area (Å²) in [5, 5.41) is 4.90. The van der Waals surface area contributed by atoms with Crippen LogP contribution in [0.1, 0.15) is 11.4 Å². The highest BCUT2D eigenvalue weighted by Gasteiger charge is 2.20. The Morgan fingerprint density at radius 3 is 2.09 bits per heavy atom. The molecule has 4 aromatic rings. The maximum absolute atomic E-state index is 6.14. The van der Waals surface area contributed by atoms with Crippen molar-refractivity contribution in [1.29, 1.82) is 0 Å². The minimum Gasteiger partial charge on any atom is -0.485 e. The molecule has 0 unspecified atom stereocenters. The van der Waals surface area contributed by atoms with Gasteiger partial charge in [0.25, 0.3) is 0 Å². The van der Waals surface area contributed by atoms with Gasteiger partial charge in [-0.1, -0.05) is 54.6 Å². The number of rotatable bonds is 7. The van der Waals surface area contributed by atoms with Crippen LogP contribution in [-0.2, 0) is 13.3 Å². The van der Waals surface area contributed by atoms with E-state index in [1.807, 2.05) is 58.6 Å². The third kappa shape index (κ3) is 4.90. The first-order valence-corrected chi connectivity index (χ1v) is 12.0. The van der Waals surface area contributed by atoms with Gasteiger partial charge < -0.3 is 9.64 Å². The van der Waals surface area contributed by atoms with Gasteiger partial charge in [-0.2, -0.15) is 5.10 Å². The van der Waals surface area contributed by atoms with Crippen molar-refractivity contribution >= 4 is 17.9 Å². The van der Waals surface area contributed by atoms with Crippen molar-refractivity contribution in [3.05, 3.63) is 101 Å². The van der Waals surface area contributed by atoms with Crippen molar-refractivity contribution in [3.63, 3.8) is 0 Å². The molecule has 1 aliphatic heterocycles. The van der Waals surface area contributed by atoms with Crippen LogP contribution in [0.3, 0.4) is 0 Å². The second kappa shape index (κ2) is 10.2. The largest absolute Gasteiger partial charge is 0.485 e. The molecule has 3 aromatic carbocycles. The third-order valence-corrected chi connectivity index (χ3v) is 6.59. The summed E-state index contributed by atoms with van der Waals surface area (Å²) in [6.45, 7) is 6.96. The topological polar surface area (TPSA) is 38.5 Å². The van der Waals surface area contributed by atoms with Gasteiger partial charge in [0, 0.05) is 37.6 Å². The zero-order chi connectivity index (χ0) is 23.3. The highest BCUT2D eigenvalue weighted by Crippen LogP contribution is 2.20. The molecular formula is C27H29N5OS. The van der Waals surface area contributed by atoms with Gasteiger partial charge in [0.15, 0.2) is 5.82 Å². The fourth-order valence-electron chi connectivity index (χ4n) is 4.31. The minimum absolute atomic E-state index is 0.345. The maximum Gasteiger partial charge on any atom is 0.203 e. The molecule has 2 heterocycles. The van der Waals surface area contributed by atoms with Gasteiger partial charge in [-0.25, -0.2) is 4.68 Å². The third-order valence-electron chi connectivity index (χ3n) is 6.20. The summed E-state index contributed by atoms with van der Waals surface area (Å²) >= 11 is 5.89. The van der Waals surface area contributed by atoms with Crippen LogP contribution in [0.15, 0.2) is 84.9 Å². The molecule has 0 atom stereocenters. The summed E-state index contributed by atoms with van der Waals surface area (Å²) < 4.78 is 10.8. The van der Waals surface area contributed by atoms with E-state index >= 15 is 0 Å². The number of ether oxygens (including phenoxy) is 1. The van der Waals surface area contributed by atoms with Gasteiger partial charge in [0.2, 0.25) is 4.77 Å². The monoisotopic (exact) mass is 471 g/mol. The van der Waals surface area contributed by atoms with E-state index in [4.69, 9.17) is 22.1 Å². The summed E-state index contributed by atoms with van der Waals surface area (Å²) in [7, 11) is 0. The van der Waals surface area contributed by atoms with E-state index in [1.165, 1.54) is 5.69 Å². The molecule has 0 bridgehead atoms. The first-order chi connectivity index (χ1) is 16.7. The molecular weight excluding hydrogens is 442 g/mol. The molecule has 5 rings (SSSR count). The van der Waals surface area contributed by atoms with Crippen LogP contribution in [0.5, 0.6) is 5.75 Å². The molecule has 6 nitrogen and oxygen atoms in total. The van der Waals surface area contributed by atoms with Crippen LogP contribution < -0.4 is 9.64 Å². The van der Waals surface area contributed by atoms with Crippen LogP contribution in [0.25, 0.3) is 5.69 Å². The van der Waals surface area contributed by atoms with Crippen molar-refractivity contribution in [1.82, 2.24) is 19.2 Å². The Morgan fingerprint density at radius 2 is 1.41 bits per heavy atom. The molecule has 0 amide bonds. The van der Waals surface area contributed by atoms with Crippen molar-refractivity contribution in [2.24, 2.45) is 0 Å². The Hall–Kier alpha value is -3.42. The van der Waals surface area contributed by atoms with Crippen LogP contribution in [-0.4, -0.2) is 45.4 Å². The molecule has 0 saturated carbocycles. The molecule has 1 aliphatic rings. The number of aromatic nitrogens is 3. The summed E-state index contributed by atoms with van der Waals surface area (Å²) in [6.07, 6.45) is 0.